The molecule has 2 aliphatic rings. The van der Waals surface area contributed by atoms with E-state index >= 15 is 0 Å². The van der Waals surface area contributed by atoms with Crippen LogP contribution in [0.15, 0.2) is 36.8 Å². The van der Waals surface area contributed by atoms with Crippen LogP contribution in [-0.2, 0) is 17.5 Å². The number of primary amides is 1. The Hall–Kier alpha value is -3.74. The summed E-state index contributed by atoms with van der Waals surface area (Å²) in [6.07, 6.45) is -0.969. The van der Waals surface area contributed by atoms with Crippen LogP contribution in [0, 0.1) is 5.92 Å². The van der Waals surface area contributed by atoms with Crippen LogP contribution in [0.2, 0.25) is 0 Å². The smallest absolute Gasteiger partial charge is 0.364 e. The molecule has 0 bridgehead atoms. The van der Waals surface area contributed by atoms with Crippen LogP contribution < -0.4 is 10.6 Å². The Bertz CT molecular complexity index is 1260. The topological polar surface area (TPSA) is 113 Å². The van der Waals surface area contributed by atoms with E-state index < -0.39 is 17.6 Å². The largest absolute Gasteiger partial charge is 0.419 e. The van der Waals surface area contributed by atoms with Gasteiger partial charge in [0.15, 0.2) is 0 Å². The minimum absolute atomic E-state index is 0.0284. The number of alkyl halides is 3. The fourth-order valence-corrected chi connectivity index (χ4v) is 4.62. The molecular formula is C23H25F3N8O2. The molecule has 0 spiro atoms. The quantitative estimate of drug-likeness (QED) is 0.539. The van der Waals surface area contributed by atoms with Crippen molar-refractivity contribution in [1.82, 2.24) is 29.3 Å². The lowest BCUT2D eigenvalue weighted by Crippen LogP contribution is -2.55. The number of carbonyl (C=O) groups excluding carboxylic acids is 2. The molecule has 3 aromatic rings. The molecule has 0 aliphatic carbocycles. The number of rotatable bonds is 6. The van der Waals surface area contributed by atoms with E-state index in [0.29, 0.717) is 38.6 Å². The SMILES string of the molecule is NC(=O)c1ccc2ccn(CC3CN(CC(=O)N4CCN(c5ncc(C(F)(F)F)cn5)CC4)C3)c2n1. The number of likely N-dealkylation sites (tertiary alicyclic amines) is 1. The summed E-state index contributed by atoms with van der Waals surface area (Å²) in [7, 11) is 0. The fraction of sp³-hybridized carbons (Fsp3) is 0.435. The van der Waals surface area contributed by atoms with E-state index in [0.717, 1.165) is 43.1 Å². The number of halogens is 3. The predicted molar refractivity (Wildman–Crippen MR) is 124 cm³/mol. The first-order valence-electron chi connectivity index (χ1n) is 11.6. The van der Waals surface area contributed by atoms with Gasteiger partial charge in [-0.2, -0.15) is 13.2 Å². The van der Waals surface area contributed by atoms with Gasteiger partial charge in [0.25, 0.3) is 5.91 Å². The van der Waals surface area contributed by atoms with Gasteiger partial charge in [-0.25, -0.2) is 15.0 Å². The molecule has 5 heterocycles. The molecule has 0 unspecified atom stereocenters. The van der Waals surface area contributed by atoms with Crippen LogP contribution in [-0.4, -0.2) is 86.9 Å². The molecule has 13 heteroatoms. The van der Waals surface area contributed by atoms with Gasteiger partial charge in [0, 0.05) is 75.7 Å². The second kappa shape index (κ2) is 9.37. The number of pyridine rings is 1. The number of aromatic nitrogens is 4. The van der Waals surface area contributed by atoms with Crippen molar-refractivity contribution in [2.45, 2.75) is 12.7 Å². The van der Waals surface area contributed by atoms with Crippen molar-refractivity contribution < 1.29 is 22.8 Å². The van der Waals surface area contributed by atoms with E-state index in [2.05, 4.69) is 19.9 Å². The molecule has 0 atom stereocenters. The Kier molecular flexibility index (Phi) is 6.24. The highest BCUT2D eigenvalue weighted by molar-refractivity contribution is 5.93. The maximum atomic E-state index is 12.7. The molecule has 10 nitrogen and oxygen atoms in total. The Morgan fingerprint density at radius 3 is 2.36 bits per heavy atom. The van der Waals surface area contributed by atoms with Gasteiger partial charge in [0.1, 0.15) is 11.3 Å². The zero-order valence-electron chi connectivity index (χ0n) is 19.4. The summed E-state index contributed by atoms with van der Waals surface area (Å²) in [5, 5.41) is 0.937. The molecule has 2 fully saturated rings. The molecule has 0 radical (unpaired) electrons. The third kappa shape index (κ3) is 4.96. The van der Waals surface area contributed by atoms with E-state index in [1.54, 1.807) is 15.9 Å². The van der Waals surface area contributed by atoms with Gasteiger partial charge in [-0.05, 0) is 18.2 Å². The molecular weight excluding hydrogens is 477 g/mol. The summed E-state index contributed by atoms with van der Waals surface area (Å²) in [5.41, 5.74) is 5.41. The number of fused-ring (bicyclic) bond motifs is 1. The van der Waals surface area contributed by atoms with Gasteiger partial charge in [0.05, 0.1) is 12.1 Å². The van der Waals surface area contributed by atoms with Gasteiger partial charge in [-0.1, -0.05) is 0 Å². The predicted octanol–water partition coefficient (Wildman–Crippen LogP) is 1.22. The van der Waals surface area contributed by atoms with E-state index in [4.69, 9.17) is 5.73 Å². The number of hydrogen-bond donors (Lipinski definition) is 1. The Morgan fingerprint density at radius 2 is 1.72 bits per heavy atom. The van der Waals surface area contributed by atoms with Crippen LogP contribution >= 0.6 is 0 Å². The normalized spacial score (nSPS) is 17.4. The van der Waals surface area contributed by atoms with Crippen LogP contribution in [0.25, 0.3) is 11.0 Å². The Labute approximate surface area is 204 Å². The standard InChI is InChI=1S/C23H25F3N8O2/c24-23(25,26)17-9-28-22(29-10-17)33-7-5-32(6-8-33)19(35)14-31-11-15(12-31)13-34-4-3-16-1-2-18(20(27)36)30-21(16)34/h1-4,9-10,15H,5-8,11-14H2,(H2,27,36). The van der Waals surface area contributed by atoms with Crippen molar-refractivity contribution in [1.29, 1.82) is 0 Å². The maximum absolute atomic E-state index is 12.7. The molecule has 5 rings (SSSR count). The molecule has 0 aromatic carbocycles. The lowest BCUT2D eigenvalue weighted by Gasteiger charge is -2.41. The zero-order chi connectivity index (χ0) is 25.4. The number of amides is 2. The van der Waals surface area contributed by atoms with Crippen molar-refractivity contribution in [2.75, 3.05) is 50.7 Å². The van der Waals surface area contributed by atoms with Gasteiger partial charge in [0.2, 0.25) is 11.9 Å². The van der Waals surface area contributed by atoms with E-state index in [-0.39, 0.29) is 17.5 Å². The summed E-state index contributed by atoms with van der Waals surface area (Å²) in [4.78, 5) is 41.9. The van der Waals surface area contributed by atoms with E-state index in [9.17, 15) is 22.8 Å². The highest BCUT2D eigenvalue weighted by Gasteiger charge is 2.33. The van der Waals surface area contributed by atoms with Gasteiger partial charge in [-0.3, -0.25) is 14.5 Å². The first-order valence-corrected chi connectivity index (χ1v) is 11.6. The third-order valence-electron chi connectivity index (χ3n) is 6.59. The lowest BCUT2D eigenvalue weighted by atomic mass is 10.00. The number of hydrogen-bond acceptors (Lipinski definition) is 7. The molecule has 2 amide bonds. The highest BCUT2D eigenvalue weighted by atomic mass is 19.4. The number of carbonyl (C=O) groups is 2. The van der Waals surface area contributed by atoms with E-state index in [1.807, 2.05) is 22.9 Å². The Balaban J connectivity index is 1.08. The monoisotopic (exact) mass is 502 g/mol. The molecule has 36 heavy (non-hydrogen) atoms. The van der Waals surface area contributed by atoms with Gasteiger partial charge >= 0.3 is 6.18 Å². The average molecular weight is 503 g/mol. The summed E-state index contributed by atoms with van der Waals surface area (Å²) in [6, 6.07) is 5.39. The molecule has 0 saturated carbocycles. The molecule has 2 aliphatic heterocycles. The van der Waals surface area contributed by atoms with Crippen LogP contribution in [0.1, 0.15) is 16.1 Å². The fourth-order valence-electron chi connectivity index (χ4n) is 4.62. The molecule has 2 saturated heterocycles. The number of nitrogens with two attached hydrogens (primary N) is 1. The first-order chi connectivity index (χ1) is 17.2. The summed E-state index contributed by atoms with van der Waals surface area (Å²) in [5.74, 6) is 0.0584. The number of piperazine rings is 1. The zero-order valence-corrected chi connectivity index (χ0v) is 19.4. The maximum Gasteiger partial charge on any atom is 0.419 e. The minimum atomic E-state index is -4.47. The van der Waals surface area contributed by atoms with E-state index in [1.165, 1.54) is 0 Å². The van der Waals surface area contributed by atoms with Gasteiger partial charge in [-0.15, -0.1) is 0 Å². The highest BCUT2D eigenvalue weighted by Crippen LogP contribution is 2.28. The summed E-state index contributed by atoms with van der Waals surface area (Å²) in [6.45, 7) is 4.45. The summed E-state index contributed by atoms with van der Waals surface area (Å²) >= 11 is 0. The third-order valence-corrected chi connectivity index (χ3v) is 6.59. The van der Waals surface area contributed by atoms with Crippen molar-refractivity contribution in [3.8, 4) is 0 Å². The number of anilines is 1. The van der Waals surface area contributed by atoms with Crippen molar-refractivity contribution >= 4 is 28.8 Å². The Morgan fingerprint density at radius 1 is 1.03 bits per heavy atom. The van der Waals surface area contributed by atoms with Gasteiger partial charge < -0.3 is 20.1 Å². The summed E-state index contributed by atoms with van der Waals surface area (Å²) < 4.78 is 40.1. The lowest BCUT2D eigenvalue weighted by molar-refractivity contribution is -0.138. The first kappa shape index (κ1) is 24.0. The second-order valence-electron chi connectivity index (χ2n) is 9.14. The molecule has 3 aromatic heterocycles. The average Bonchev–Trinajstić information content (AvgIpc) is 3.24. The minimum Gasteiger partial charge on any atom is -0.364 e. The second-order valence-corrected chi connectivity index (χ2v) is 9.14. The number of nitrogens with zero attached hydrogens (tertiary/aromatic N) is 7. The van der Waals surface area contributed by atoms with Crippen LogP contribution in [0.3, 0.4) is 0 Å². The van der Waals surface area contributed by atoms with Crippen molar-refractivity contribution in [2.24, 2.45) is 11.7 Å². The van der Waals surface area contributed by atoms with Crippen molar-refractivity contribution in [3.63, 3.8) is 0 Å². The molecule has 190 valence electrons. The molecule has 2 N–H and O–H groups in total. The van der Waals surface area contributed by atoms with Crippen LogP contribution in [0.4, 0.5) is 19.1 Å². The van der Waals surface area contributed by atoms with Crippen LogP contribution in [0.5, 0.6) is 0 Å². The van der Waals surface area contributed by atoms with Crippen molar-refractivity contribution in [3.05, 3.63) is 48.0 Å².